The van der Waals surface area contributed by atoms with E-state index in [0.717, 1.165) is 23.3 Å². The molecule has 112 valence electrons. The molecule has 1 aliphatic heterocycles. The van der Waals surface area contributed by atoms with Crippen molar-refractivity contribution in [2.24, 2.45) is 0 Å². The molecule has 0 aliphatic carbocycles. The molecule has 2 rings (SSSR count). The summed E-state index contributed by atoms with van der Waals surface area (Å²) in [7, 11) is 0. The summed E-state index contributed by atoms with van der Waals surface area (Å²) in [4.78, 5) is 0. The van der Waals surface area contributed by atoms with Gasteiger partial charge in [-0.05, 0) is 28.0 Å². The van der Waals surface area contributed by atoms with Gasteiger partial charge in [0.1, 0.15) is 5.75 Å². The molecule has 1 aromatic carbocycles. The second-order valence-electron chi connectivity index (χ2n) is 7.80. The molecule has 2 nitrogen and oxygen atoms in total. The summed E-state index contributed by atoms with van der Waals surface area (Å²) in [6.07, 6.45) is 2.47. The molecule has 0 radical (unpaired) electrons. The van der Waals surface area contributed by atoms with Crippen LogP contribution in [0.25, 0.3) is 5.57 Å². The second-order valence-corrected chi connectivity index (χ2v) is 7.80. The molecule has 1 heterocycles. The molecular formula is C19H25NO. The smallest absolute Gasteiger partial charge is 0.130 e. The minimum atomic E-state index is 0.0143. The summed E-state index contributed by atoms with van der Waals surface area (Å²) >= 11 is 0. The van der Waals surface area contributed by atoms with Crippen LogP contribution in [0.3, 0.4) is 0 Å². The second kappa shape index (κ2) is 5.22. The molecular weight excluding hydrogens is 258 g/mol. The molecule has 0 unspecified atom stereocenters. The maximum absolute atomic E-state index is 9.04. The van der Waals surface area contributed by atoms with E-state index in [1.807, 2.05) is 0 Å². The van der Waals surface area contributed by atoms with Crippen molar-refractivity contribution in [1.29, 1.82) is 5.26 Å². The summed E-state index contributed by atoms with van der Waals surface area (Å²) in [5.74, 6) is 0.961. The Bertz CT molecular complexity index is 619. The van der Waals surface area contributed by atoms with Crippen LogP contribution in [0.5, 0.6) is 5.75 Å². The van der Waals surface area contributed by atoms with Crippen LogP contribution in [-0.4, -0.2) is 6.61 Å². The number of nitrogens with zero attached hydrogens (tertiary/aromatic N) is 1. The number of allylic oxidation sites excluding steroid dienone is 1. The highest BCUT2D eigenvalue weighted by Crippen LogP contribution is 2.43. The van der Waals surface area contributed by atoms with Crippen molar-refractivity contribution < 1.29 is 4.74 Å². The summed E-state index contributed by atoms with van der Waals surface area (Å²) in [5, 5.41) is 9.04. The third-order valence-corrected chi connectivity index (χ3v) is 3.97. The van der Waals surface area contributed by atoms with E-state index in [2.05, 4.69) is 59.7 Å². The Kier molecular flexibility index (Phi) is 3.89. The molecule has 2 heteroatoms. The fourth-order valence-corrected chi connectivity index (χ4v) is 2.64. The summed E-state index contributed by atoms with van der Waals surface area (Å²) in [5.41, 5.74) is 4.80. The Morgan fingerprint density at radius 2 is 1.76 bits per heavy atom. The Labute approximate surface area is 128 Å². The first-order valence-electron chi connectivity index (χ1n) is 7.55. The standard InChI is InChI=1S/C19H25NO/c1-18(2,3)14-11-15-13(7-9-20)8-10-21-17(15)16(12-14)19(4,5)6/h7,11-12H,8,10H2,1-6H3/b13-7+. The van der Waals surface area contributed by atoms with Crippen LogP contribution < -0.4 is 4.74 Å². The summed E-state index contributed by atoms with van der Waals surface area (Å²) in [6, 6.07) is 6.65. The third kappa shape index (κ3) is 3.13. The first-order valence-corrected chi connectivity index (χ1v) is 7.55. The normalized spacial score (nSPS) is 17.1. The molecule has 0 saturated carbocycles. The van der Waals surface area contributed by atoms with Gasteiger partial charge in [0.05, 0.1) is 12.7 Å². The number of rotatable bonds is 0. The number of fused-ring (bicyclic) bond motifs is 1. The van der Waals surface area contributed by atoms with E-state index in [1.165, 1.54) is 11.1 Å². The fourth-order valence-electron chi connectivity index (χ4n) is 2.64. The van der Waals surface area contributed by atoms with E-state index >= 15 is 0 Å². The molecule has 0 spiro atoms. The molecule has 0 amide bonds. The minimum Gasteiger partial charge on any atom is -0.492 e. The lowest BCUT2D eigenvalue weighted by atomic mass is 9.77. The molecule has 0 atom stereocenters. The van der Waals surface area contributed by atoms with Crippen LogP contribution in [0.2, 0.25) is 0 Å². The average Bonchev–Trinajstić information content (AvgIpc) is 2.36. The maximum atomic E-state index is 9.04. The minimum absolute atomic E-state index is 0.0143. The van der Waals surface area contributed by atoms with Gasteiger partial charge in [0.25, 0.3) is 0 Å². The van der Waals surface area contributed by atoms with Crippen molar-refractivity contribution in [3.63, 3.8) is 0 Å². The van der Waals surface area contributed by atoms with E-state index in [4.69, 9.17) is 10.00 Å². The highest BCUT2D eigenvalue weighted by Gasteiger charge is 2.28. The molecule has 1 aliphatic rings. The van der Waals surface area contributed by atoms with Crippen molar-refractivity contribution >= 4 is 5.57 Å². The quantitative estimate of drug-likeness (QED) is 0.630. The zero-order valence-electron chi connectivity index (χ0n) is 14.0. The van der Waals surface area contributed by atoms with Crippen molar-refractivity contribution in [3.8, 4) is 11.8 Å². The van der Waals surface area contributed by atoms with Gasteiger partial charge < -0.3 is 4.74 Å². The van der Waals surface area contributed by atoms with Gasteiger partial charge >= 0.3 is 0 Å². The number of hydrogen-bond acceptors (Lipinski definition) is 2. The molecule has 21 heavy (non-hydrogen) atoms. The Morgan fingerprint density at radius 1 is 1.10 bits per heavy atom. The van der Waals surface area contributed by atoms with Crippen LogP contribution >= 0.6 is 0 Å². The van der Waals surface area contributed by atoms with E-state index in [9.17, 15) is 0 Å². The van der Waals surface area contributed by atoms with Gasteiger partial charge in [-0.3, -0.25) is 0 Å². The Hall–Kier alpha value is -1.75. The maximum Gasteiger partial charge on any atom is 0.130 e. The highest BCUT2D eigenvalue weighted by molar-refractivity contribution is 5.76. The van der Waals surface area contributed by atoms with Crippen molar-refractivity contribution in [2.75, 3.05) is 6.61 Å². The van der Waals surface area contributed by atoms with Gasteiger partial charge in [-0.15, -0.1) is 0 Å². The monoisotopic (exact) mass is 283 g/mol. The van der Waals surface area contributed by atoms with E-state index in [0.29, 0.717) is 6.61 Å². The van der Waals surface area contributed by atoms with Gasteiger partial charge in [-0.2, -0.15) is 5.26 Å². The van der Waals surface area contributed by atoms with Crippen LogP contribution in [0.4, 0.5) is 0 Å². The molecule has 0 bridgehead atoms. The van der Waals surface area contributed by atoms with E-state index in [1.54, 1.807) is 6.08 Å². The van der Waals surface area contributed by atoms with Crippen LogP contribution in [-0.2, 0) is 10.8 Å². The topological polar surface area (TPSA) is 33.0 Å². The third-order valence-electron chi connectivity index (χ3n) is 3.97. The molecule has 1 aromatic rings. The van der Waals surface area contributed by atoms with E-state index < -0.39 is 0 Å². The first-order chi connectivity index (χ1) is 9.64. The SMILES string of the molecule is CC(C)(C)c1cc2c(c(C(C)(C)C)c1)OCC/C2=C\C#N. The molecule has 0 N–H and O–H groups in total. The molecule has 0 aromatic heterocycles. The summed E-state index contributed by atoms with van der Waals surface area (Å²) in [6.45, 7) is 13.9. The lowest BCUT2D eigenvalue weighted by Gasteiger charge is -2.32. The summed E-state index contributed by atoms with van der Waals surface area (Å²) < 4.78 is 5.98. The largest absolute Gasteiger partial charge is 0.492 e. The number of hydrogen-bond donors (Lipinski definition) is 0. The fraction of sp³-hybridized carbons (Fsp3) is 0.526. The zero-order valence-corrected chi connectivity index (χ0v) is 14.0. The van der Waals surface area contributed by atoms with E-state index in [-0.39, 0.29) is 10.8 Å². The predicted molar refractivity (Wildman–Crippen MR) is 87.5 cm³/mol. The van der Waals surface area contributed by atoms with Gasteiger partial charge in [0, 0.05) is 23.6 Å². The number of nitriles is 1. The number of benzene rings is 1. The highest BCUT2D eigenvalue weighted by atomic mass is 16.5. The van der Waals surface area contributed by atoms with Gasteiger partial charge in [-0.25, -0.2) is 0 Å². The van der Waals surface area contributed by atoms with Crippen LogP contribution in [0.15, 0.2) is 18.2 Å². The molecule has 0 saturated heterocycles. The van der Waals surface area contributed by atoms with Crippen molar-refractivity contribution in [2.45, 2.75) is 58.8 Å². The van der Waals surface area contributed by atoms with Gasteiger partial charge in [0.2, 0.25) is 0 Å². The Morgan fingerprint density at radius 3 is 2.29 bits per heavy atom. The Balaban J connectivity index is 2.77. The van der Waals surface area contributed by atoms with Crippen molar-refractivity contribution in [3.05, 3.63) is 34.9 Å². The first kappa shape index (κ1) is 15.6. The van der Waals surface area contributed by atoms with Crippen LogP contribution in [0, 0.1) is 11.3 Å². The zero-order chi connectivity index (χ0) is 15.8. The average molecular weight is 283 g/mol. The van der Waals surface area contributed by atoms with Gasteiger partial charge in [0.15, 0.2) is 0 Å². The lowest BCUT2D eigenvalue weighted by Crippen LogP contribution is -2.21. The van der Waals surface area contributed by atoms with Crippen molar-refractivity contribution in [1.82, 2.24) is 0 Å². The molecule has 0 fully saturated rings. The predicted octanol–water partition coefficient (Wildman–Crippen LogP) is 4.97. The van der Waals surface area contributed by atoms with Crippen LogP contribution in [0.1, 0.15) is 64.7 Å². The van der Waals surface area contributed by atoms with Gasteiger partial charge in [-0.1, -0.05) is 47.6 Å². The lowest BCUT2D eigenvalue weighted by molar-refractivity contribution is 0.306. The number of ether oxygens (including phenoxy) is 1.